The summed E-state index contributed by atoms with van der Waals surface area (Å²) in [5.74, 6) is -0.00465. The van der Waals surface area contributed by atoms with Crippen LogP contribution in [0.4, 0.5) is 0 Å². The minimum absolute atomic E-state index is 0.168. The zero-order valence-electron chi connectivity index (χ0n) is 9.86. The lowest BCUT2D eigenvalue weighted by Gasteiger charge is -2.58. The Bertz CT molecular complexity index is 450. The molecular weight excluding hydrogens is 200 g/mol. The number of ketones is 2. The second-order valence-corrected chi connectivity index (χ2v) is 6.19. The monoisotopic (exact) mass is 216 g/mol. The lowest BCUT2D eigenvalue weighted by molar-refractivity contribution is -0.157. The minimum Gasteiger partial charge on any atom is -0.290 e. The Labute approximate surface area is 95.4 Å². The van der Waals surface area contributed by atoms with Crippen LogP contribution in [0.25, 0.3) is 0 Å². The van der Waals surface area contributed by atoms with Gasteiger partial charge in [-0.3, -0.25) is 9.59 Å². The number of allylic oxidation sites excluding steroid dienone is 4. The summed E-state index contributed by atoms with van der Waals surface area (Å²) in [5, 5.41) is 0. The molecule has 0 radical (unpaired) electrons. The maximum atomic E-state index is 12.3. The SMILES string of the molecule is CC(C)(C)[C@@]12C=C[C@@H](C(=O)C1=O)[C@H]1C=C[C@H]12. The molecule has 0 aromatic heterocycles. The first kappa shape index (κ1) is 10.0. The van der Waals surface area contributed by atoms with E-state index in [1.807, 2.05) is 12.2 Å². The summed E-state index contributed by atoms with van der Waals surface area (Å²) in [6.45, 7) is 6.16. The second-order valence-electron chi connectivity index (χ2n) is 6.19. The summed E-state index contributed by atoms with van der Waals surface area (Å²) in [4.78, 5) is 24.3. The van der Waals surface area contributed by atoms with Gasteiger partial charge in [0.1, 0.15) is 0 Å². The number of carbonyl (C=O) groups excluding carboxylic acids is 2. The van der Waals surface area contributed by atoms with Gasteiger partial charge in [-0.05, 0) is 11.3 Å². The van der Waals surface area contributed by atoms with E-state index in [2.05, 4.69) is 32.9 Å². The van der Waals surface area contributed by atoms with Gasteiger partial charge in [0, 0.05) is 5.92 Å². The van der Waals surface area contributed by atoms with Crippen molar-refractivity contribution in [3.63, 3.8) is 0 Å². The summed E-state index contributed by atoms with van der Waals surface area (Å²) >= 11 is 0. The van der Waals surface area contributed by atoms with E-state index in [-0.39, 0.29) is 34.7 Å². The molecule has 0 unspecified atom stereocenters. The van der Waals surface area contributed by atoms with Gasteiger partial charge in [-0.1, -0.05) is 45.1 Å². The van der Waals surface area contributed by atoms with E-state index in [0.717, 1.165) is 0 Å². The summed E-state index contributed by atoms with van der Waals surface area (Å²) < 4.78 is 0. The van der Waals surface area contributed by atoms with Gasteiger partial charge in [-0.15, -0.1) is 0 Å². The Morgan fingerprint density at radius 3 is 2.31 bits per heavy atom. The molecule has 16 heavy (non-hydrogen) atoms. The molecule has 0 amide bonds. The lowest BCUT2D eigenvalue weighted by Crippen LogP contribution is -2.63. The van der Waals surface area contributed by atoms with Crippen molar-refractivity contribution in [2.24, 2.45) is 28.6 Å². The van der Waals surface area contributed by atoms with Gasteiger partial charge in [0.15, 0.2) is 0 Å². The van der Waals surface area contributed by atoms with E-state index in [1.54, 1.807) is 0 Å². The lowest BCUT2D eigenvalue weighted by atomic mass is 9.43. The molecule has 2 heteroatoms. The van der Waals surface area contributed by atoms with Crippen LogP contribution in [0.15, 0.2) is 24.3 Å². The van der Waals surface area contributed by atoms with E-state index in [0.29, 0.717) is 0 Å². The van der Waals surface area contributed by atoms with Crippen LogP contribution < -0.4 is 0 Å². The van der Waals surface area contributed by atoms with Crippen molar-refractivity contribution >= 4 is 11.6 Å². The molecule has 4 aliphatic carbocycles. The molecule has 0 aromatic carbocycles. The Balaban J connectivity index is 2.25. The Hall–Kier alpha value is -1.18. The summed E-state index contributed by atoms with van der Waals surface area (Å²) in [6, 6.07) is 0. The molecular formula is C14H16O2. The molecule has 0 aromatic rings. The number of carbonyl (C=O) groups is 2. The molecule has 1 saturated carbocycles. The molecule has 0 heterocycles. The zero-order valence-corrected chi connectivity index (χ0v) is 9.86. The zero-order chi connectivity index (χ0) is 11.7. The van der Waals surface area contributed by atoms with Crippen molar-refractivity contribution in [3.8, 4) is 0 Å². The Morgan fingerprint density at radius 2 is 1.81 bits per heavy atom. The fourth-order valence-electron chi connectivity index (χ4n) is 3.58. The predicted molar refractivity (Wildman–Crippen MR) is 60.7 cm³/mol. The molecule has 0 spiro atoms. The van der Waals surface area contributed by atoms with Crippen LogP contribution in [0.3, 0.4) is 0 Å². The van der Waals surface area contributed by atoms with E-state index in [4.69, 9.17) is 0 Å². The first-order valence-electron chi connectivity index (χ1n) is 5.86. The van der Waals surface area contributed by atoms with Gasteiger partial charge in [-0.25, -0.2) is 0 Å². The summed E-state index contributed by atoms with van der Waals surface area (Å²) in [6.07, 6.45) is 8.16. The van der Waals surface area contributed by atoms with E-state index >= 15 is 0 Å². The average Bonchev–Trinajstić information content (AvgIpc) is 2.12. The second kappa shape index (κ2) is 2.55. The number of hydrogen-bond donors (Lipinski definition) is 0. The van der Waals surface area contributed by atoms with Crippen LogP contribution >= 0.6 is 0 Å². The molecule has 2 nitrogen and oxygen atoms in total. The van der Waals surface area contributed by atoms with Gasteiger partial charge in [0.25, 0.3) is 0 Å². The average molecular weight is 216 g/mol. The Morgan fingerprint density at radius 1 is 1.12 bits per heavy atom. The molecule has 2 bridgehead atoms. The van der Waals surface area contributed by atoms with Crippen molar-refractivity contribution in [3.05, 3.63) is 24.3 Å². The Kier molecular flexibility index (Phi) is 1.60. The number of fused-ring (bicyclic) bond motifs is 1. The first-order chi connectivity index (χ1) is 7.39. The number of hydrogen-bond acceptors (Lipinski definition) is 2. The molecule has 0 N–H and O–H groups in total. The highest BCUT2D eigenvalue weighted by molar-refractivity contribution is 6.42. The highest BCUT2D eigenvalue weighted by Gasteiger charge is 2.65. The van der Waals surface area contributed by atoms with Crippen molar-refractivity contribution in [2.45, 2.75) is 20.8 Å². The van der Waals surface area contributed by atoms with Gasteiger partial charge in [0.2, 0.25) is 11.6 Å². The molecule has 4 aliphatic rings. The third-order valence-corrected chi connectivity index (χ3v) is 4.61. The fourth-order valence-corrected chi connectivity index (χ4v) is 3.58. The van der Waals surface area contributed by atoms with Crippen LogP contribution in [0, 0.1) is 28.6 Å². The maximum Gasteiger partial charge on any atom is 0.210 e. The molecule has 0 aliphatic heterocycles. The largest absolute Gasteiger partial charge is 0.290 e. The van der Waals surface area contributed by atoms with Gasteiger partial charge < -0.3 is 0 Å². The predicted octanol–water partition coefficient (Wildman–Crippen LogP) is 2.16. The molecule has 1 fully saturated rings. The molecule has 4 rings (SSSR count). The van der Waals surface area contributed by atoms with Gasteiger partial charge in [-0.2, -0.15) is 0 Å². The van der Waals surface area contributed by atoms with E-state index in [1.165, 1.54) is 0 Å². The van der Waals surface area contributed by atoms with Crippen LogP contribution in [0.1, 0.15) is 20.8 Å². The van der Waals surface area contributed by atoms with Crippen molar-refractivity contribution in [2.75, 3.05) is 0 Å². The highest BCUT2D eigenvalue weighted by Crippen LogP contribution is 2.61. The molecule has 0 saturated heterocycles. The third-order valence-electron chi connectivity index (χ3n) is 4.61. The van der Waals surface area contributed by atoms with E-state index < -0.39 is 5.41 Å². The van der Waals surface area contributed by atoms with Crippen molar-refractivity contribution < 1.29 is 9.59 Å². The number of Topliss-reactive ketones (excluding diaryl/α,β-unsaturated/α-hetero) is 2. The first-order valence-corrected chi connectivity index (χ1v) is 5.86. The fraction of sp³-hybridized carbons (Fsp3) is 0.571. The summed E-state index contributed by atoms with van der Waals surface area (Å²) in [5.41, 5.74) is -0.784. The molecule has 4 atom stereocenters. The smallest absolute Gasteiger partial charge is 0.210 e. The van der Waals surface area contributed by atoms with Crippen LogP contribution in [-0.2, 0) is 9.59 Å². The van der Waals surface area contributed by atoms with Crippen LogP contribution in [-0.4, -0.2) is 11.6 Å². The standard InChI is InChI=1S/C14H16O2/c1-13(2,3)14-7-6-9(11(15)12(14)16)8-4-5-10(8)14/h4-10H,1-3H3/t8-,9-,10-,14-/m1/s1. The van der Waals surface area contributed by atoms with E-state index in [9.17, 15) is 9.59 Å². The highest BCUT2D eigenvalue weighted by atomic mass is 16.2. The maximum absolute atomic E-state index is 12.3. The quantitative estimate of drug-likeness (QED) is 0.459. The van der Waals surface area contributed by atoms with Crippen molar-refractivity contribution in [1.29, 1.82) is 0 Å². The number of rotatable bonds is 0. The van der Waals surface area contributed by atoms with Gasteiger partial charge >= 0.3 is 0 Å². The normalized spacial score (nSPS) is 44.6. The van der Waals surface area contributed by atoms with Crippen LogP contribution in [0.5, 0.6) is 0 Å². The van der Waals surface area contributed by atoms with Crippen LogP contribution in [0.2, 0.25) is 0 Å². The minimum atomic E-state index is -0.585. The third kappa shape index (κ3) is 0.817. The topological polar surface area (TPSA) is 34.1 Å². The van der Waals surface area contributed by atoms with Crippen molar-refractivity contribution in [1.82, 2.24) is 0 Å². The van der Waals surface area contributed by atoms with Gasteiger partial charge in [0.05, 0.1) is 11.3 Å². The molecule has 84 valence electrons. The summed E-state index contributed by atoms with van der Waals surface area (Å²) in [7, 11) is 0.